The predicted molar refractivity (Wildman–Crippen MR) is 111 cm³/mol. The quantitative estimate of drug-likeness (QED) is 0.678. The van der Waals surface area contributed by atoms with E-state index in [0.717, 1.165) is 56.3 Å². The summed E-state index contributed by atoms with van der Waals surface area (Å²) < 4.78 is 29.4. The third-order valence-corrected chi connectivity index (χ3v) is 8.57. The molecule has 2 aliphatic carbocycles. The number of hydrogen-bond acceptors (Lipinski definition) is 4. The number of sulfonamides is 1. The lowest BCUT2D eigenvalue weighted by Gasteiger charge is -2.40. The average molecular weight is 419 g/mol. The maximum atomic E-state index is 13.8. The van der Waals surface area contributed by atoms with E-state index in [1.807, 2.05) is 0 Å². The van der Waals surface area contributed by atoms with E-state index in [1.54, 1.807) is 22.5 Å². The van der Waals surface area contributed by atoms with Gasteiger partial charge in [-0.3, -0.25) is 14.5 Å². The van der Waals surface area contributed by atoms with Gasteiger partial charge >= 0.3 is 0 Å². The van der Waals surface area contributed by atoms with Gasteiger partial charge in [-0.2, -0.15) is 4.31 Å². The zero-order chi connectivity index (χ0) is 20.4. The molecule has 2 amide bonds. The molecule has 4 rings (SSSR count). The van der Waals surface area contributed by atoms with E-state index >= 15 is 0 Å². The van der Waals surface area contributed by atoms with Crippen molar-refractivity contribution in [3.63, 3.8) is 0 Å². The highest BCUT2D eigenvalue weighted by molar-refractivity contribution is 7.89. The molecule has 0 unspecified atom stereocenters. The number of hydrogen-bond donors (Lipinski definition) is 0. The molecule has 1 heterocycles. The molecule has 3 fully saturated rings. The molecule has 7 heteroatoms. The maximum Gasteiger partial charge on any atom is 0.243 e. The summed E-state index contributed by atoms with van der Waals surface area (Å²) in [4.78, 5) is 25.6. The molecule has 29 heavy (non-hydrogen) atoms. The van der Waals surface area contributed by atoms with Crippen LogP contribution in [0.15, 0.2) is 29.2 Å². The summed E-state index contributed by atoms with van der Waals surface area (Å²) in [5.74, 6) is -0.526. The van der Waals surface area contributed by atoms with Crippen LogP contribution in [0, 0.1) is 0 Å². The van der Waals surface area contributed by atoms with Crippen molar-refractivity contribution in [1.82, 2.24) is 4.31 Å². The van der Waals surface area contributed by atoms with Gasteiger partial charge in [0.15, 0.2) is 0 Å². The minimum Gasteiger partial charge on any atom is -0.274 e. The molecule has 1 aromatic carbocycles. The second kappa shape index (κ2) is 8.56. The lowest BCUT2D eigenvalue weighted by atomic mass is 9.91. The maximum absolute atomic E-state index is 13.8. The largest absolute Gasteiger partial charge is 0.274 e. The third kappa shape index (κ3) is 4.12. The van der Waals surface area contributed by atoms with Crippen LogP contribution in [0.4, 0.5) is 5.69 Å². The molecule has 3 aliphatic rings. The number of benzene rings is 1. The Labute approximate surface area is 173 Å². The van der Waals surface area contributed by atoms with Crippen LogP contribution < -0.4 is 4.90 Å². The first kappa shape index (κ1) is 20.5. The highest BCUT2D eigenvalue weighted by atomic mass is 32.2. The van der Waals surface area contributed by atoms with Gasteiger partial charge in [-0.15, -0.1) is 0 Å². The first-order valence-electron chi connectivity index (χ1n) is 11.0. The van der Waals surface area contributed by atoms with Crippen LogP contribution in [0.25, 0.3) is 0 Å². The highest BCUT2D eigenvalue weighted by Gasteiger charge is 2.39. The summed E-state index contributed by atoms with van der Waals surface area (Å²) in [6.07, 6.45) is 10.7. The molecule has 158 valence electrons. The van der Waals surface area contributed by atoms with E-state index < -0.39 is 10.0 Å². The molecule has 2 saturated carbocycles. The summed E-state index contributed by atoms with van der Waals surface area (Å²) >= 11 is 0. The first-order chi connectivity index (χ1) is 14.0. The van der Waals surface area contributed by atoms with Gasteiger partial charge in [-0.1, -0.05) is 44.6 Å². The summed E-state index contributed by atoms with van der Waals surface area (Å²) in [5, 5.41) is 0. The highest BCUT2D eigenvalue weighted by Crippen LogP contribution is 2.35. The van der Waals surface area contributed by atoms with Gasteiger partial charge in [-0.05, 0) is 43.9 Å². The molecule has 1 saturated heterocycles. The zero-order valence-corrected chi connectivity index (χ0v) is 17.7. The summed E-state index contributed by atoms with van der Waals surface area (Å²) in [5.41, 5.74) is 0.366. The van der Waals surface area contributed by atoms with Crippen LogP contribution in [-0.2, 0) is 19.6 Å². The second-order valence-corrected chi connectivity index (χ2v) is 10.4. The Morgan fingerprint density at radius 2 is 1.31 bits per heavy atom. The number of carbonyl (C=O) groups excluding carboxylic acids is 2. The molecule has 0 atom stereocenters. The fraction of sp³-hybridized carbons (Fsp3) is 0.636. The minimum absolute atomic E-state index is 0.0514. The number of carbonyl (C=O) groups is 2. The summed E-state index contributed by atoms with van der Waals surface area (Å²) in [6.45, 7) is 0. The van der Waals surface area contributed by atoms with Gasteiger partial charge in [0.05, 0.1) is 10.6 Å². The Bertz CT molecular complexity index is 837. The van der Waals surface area contributed by atoms with E-state index in [0.29, 0.717) is 5.69 Å². The SMILES string of the molecule is O=C1CCC(=O)N1c1cccc(S(=O)(=O)N(C2CCCCC2)C2CCCCC2)c1. The van der Waals surface area contributed by atoms with E-state index in [1.165, 1.54) is 18.9 Å². The molecule has 6 nitrogen and oxygen atoms in total. The summed E-state index contributed by atoms with van der Waals surface area (Å²) in [6, 6.07) is 6.50. The molecular formula is C22H30N2O4S. The lowest BCUT2D eigenvalue weighted by Crippen LogP contribution is -2.48. The normalized spacial score (nSPS) is 22.6. The van der Waals surface area contributed by atoms with Crippen LogP contribution in [-0.4, -0.2) is 36.6 Å². The van der Waals surface area contributed by atoms with Gasteiger partial charge in [0.25, 0.3) is 0 Å². The monoisotopic (exact) mass is 418 g/mol. The number of anilines is 1. The average Bonchev–Trinajstić information content (AvgIpc) is 3.08. The Morgan fingerprint density at radius 1 is 0.793 bits per heavy atom. The van der Waals surface area contributed by atoms with Crippen molar-refractivity contribution in [2.75, 3.05) is 4.90 Å². The Balaban J connectivity index is 1.69. The fourth-order valence-corrected chi connectivity index (χ4v) is 7.10. The molecule has 0 aromatic heterocycles. The van der Waals surface area contributed by atoms with Crippen LogP contribution in [0.1, 0.15) is 77.0 Å². The zero-order valence-electron chi connectivity index (χ0n) is 16.9. The molecular weight excluding hydrogens is 388 g/mol. The van der Waals surface area contributed by atoms with Crippen molar-refractivity contribution in [3.8, 4) is 0 Å². The van der Waals surface area contributed by atoms with Crippen molar-refractivity contribution < 1.29 is 18.0 Å². The van der Waals surface area contributed by atoms with Crippen LogP contribution in [0.3, 0.4) is 0 Å². The first-order valence-corrected chi connectivity index (χ1v) is 12.4. The number of nitrogens with zero attached hydrogens (tertiary/aromatic N) is 2. The minimum atomic E-state index is -3.70. The number of amides is 2. The Morgan fingerprint density at radius 3 is 1.83 bits per heavy atom. The molecule has 0 N–H and O–H groups in total. The van der Waals surface area contributed by atoms with Gasteiger partial charge in [-0.25, -0.2) is 8.42 Å². The van der Waals surface area contributed by atoms with Gasteiger partial charge in [0, 0.05) is 24.9 Å². The Hall–Kier alpha value is -1.73. The van der Waals surface area contributed by atoms with E-state index in [-0.39, 0.29) is 41.6 Å². The van der Waals surface area contributed by atoms with E-state index in [2.05, 4.69) is 0 Å². The molecule has 0 radical (unpaired) electrons. The van der Waals surface area contributed by atoms with Crippen LogP contribution in [0.5, 0.6) is 0 Å². The number of rotatable bonds is 5. The van der Waals surface area contributed by atoms with Crippen LogP contribution >= 0.6 is 0 Å². The van der Waals surface area contributed by atoms with Gasteiger partial charge < -0.3 is 0 Å². The van der Waals surface area contributed by atoms with E-state index in [9.17, 15) is 18.0 Å². The van der Waals surface area contributed by atoms with Gasteiger partial charge in [0.1, 0.15) is 0 Å². The van der Waals surface area contributed by atoms with Crippen molar-refractivity contribution in [2.24, 2.45) is 0 Å². The Kier molecular flexibility index (Phi) is 6.06. The molecule has 1 aromatic rings. The van der Waals surface area contributed by atoms with Crippen molar-refractivity contribution in [3.05, 3.63) is 24.3 Å². The molecule has 1 aliphatic heterocycles. The van der Waals surface area contributed by atoms with Gasteiger partial charge in [0.2, 0.25) is 21.8 Å². The number of imide groups is 1. The van der Waals surface area contributed by atoms with Crippen LogP contribution in [0.2, 0.25) is 0 Å². The fourth-order valence-electron chi connectivity index (χ4n) is 5.13. The smallest absolute Gasteiger partial charge is 0.243 e. The topological polar surface area (TPSA) is 74.8 Å². The predicted octanol–water partition coefficient (Wildman–Crippen LogP) is 4.00. The third-order valence-electron chi connectivity index (χ3n) is 6.57. The molecule has 0 bridgehead atoms. The summed E-state index contributed by atoms with van der Waals surface area (Å²) in [7, 11) is -3.70. The van der Waals surface area contributed by atoms with Crippen molar-refractivity contribution >= 4 is 27.5 Å². The van der Waals surface area contributed by atoms with E-state index in [4.69, 9.17) is 0 Å². The second-order valence-electron chi connectivity index (χ2n) is 8.54. The standard InChI is InChI=1S/C22H30N2O4S/c25-21-14-15-22(26)23(21)19-12-7-13-20(16-19)29(27,28)24(17-8-3-1-4-9-17)18-10-5-2-6-11-18/h7,12-13,16-18H,1-6,8-11,14-15H2. The molecule has 0 spiro atoms. The van der Waals surface area contributed by atoms with Crippen molar-refractivity contribution in [2.45, 2.75) is 94.0 Å². The lowest BCUT2D eigenvalue weighted by molar-refractivity contribution is -0.121. The van der Waals surface area contributed by atoms with Crippen molar-refractivity contribution in [1.29, 1.82) is 0 Å².